The highest BCUT2D eigenvalue weighted by Crippen LogP contribution is 2.22. The topological polar surface area (TPSA) is 38.5 Å². The fraction of sp³-hybridized carbons (Fsp3) is 0.625. The molecule has 0 unspecified atom stereocenters. The number of aryl methyl sites for hydroxylation is 1. The first-order valence-electron chi connectivity index (χ1n) is 7.13. The summed E-state index contributed by atoms with van der Waals surface area (Å²) in [6.45, 7) is 10.1. The van der Waals surface area contributed by atoms with Crippen molar-refractivity contribution in [2.75, 3.05) is 19.4 Å². The van der Waals surface area contributed by atoms with Gasteiger partial charge < -0.3 is 10.5 Å². The lowest BCUT2D eigenvalue weighted by Gasteiger charge is -2.30. The van der Waals surface area contributed by atoms with Gasteiger partial charge in [0.05, 0.1) is 7.11 Å². The second kappa shape index (κ2) is 7.39. The molecule has 0 amide bonds. The number of nitrogens with two attached hydrogens (primary N) is 1. The van der Waals surface area contributed by atoms with Gasteiger partial charge in [-0.3, -0.25) is 4.90 Å². The predicted octanol–water partition coefficient (Wildman–Crippen LogP) is 3.33. The van der Waals surface area contributed by atoms with E-state index in [1.165, 1.54) is 5.56 Å². The molecule has 0 radical (unpaired) electrons. The maximum atomic E-state index is 5.84. The molecular formula is C16H28N2O. The largest absolute Gasteiger partial charge is 0.496 e. The fourth-order valence-electron chi connectivity index (χ4n) is 2.56. The summed E-state index contributed by atoms with van der Waals surface area (Å²) in [5.41, 5.74) is 7.85. The van der Waals surface area contributed by atoms with Crippen molar-refractivity contribution >= 4 is 5.69 Å². The molecule has 0 fully saturated rings. The van der Waals surface area contributed by atoms with Crippen molar-refractivity contribution in [3.63, 3.8) is 0 Å². The molecule has 0 aliphatic carbocycles. The van der Waals surface area contributed by atoms with E-state index < -0.39 is 0 Å². The number of hydrogen-bond acceptors (Lipinski definition) is 3. The summed E-state index contributed by atoms with van der Waals surface area (Å²) >= 11 is 0. The number of methoxy groups -OCH3 is 1. The van der Waals surface area contributed by atoms with Crippen LogP contribution in [-0.2, 0) is 6.42 Å². The third-order valence-electron chi connectivity index (χ3n) is 3.49. The smallest absolute Gasteiger partial charge is 0.122 e. The minimum absolute atomic E-state index is 0.586. The highest BCUT2D eigenvalue weighted by atomic mass is 16.5. The second-order valence-electron chi connectivity index (χ2n) is 5.60. The molecule has 0 saturated carbocycles. The van der Waals surface area contributed by atoms with E-state index in [1.54, 1.807) is 7.11 Å². The number of benzene rings is 1. The minimum Gasteiger partial charge on any atom is -0.496 e. The van der Waals surface area contributed by atoms with E-state index in [2.05, 4.69) is 32.6 Å². The van der Waals surface area contributed by atoms with Crippen LogP contribution in [0.1, 0.15) is 39.7 Å². The van der Waals surface area contributed by atoms with Gasteiger partial charge in [-0.2, -0.15) is 0 Å². The fourth-order valence-corrected chi connectivity index (χ4v) is 2.56. The maximum absolute atomic E-state index is 5.84. The van der Waals surface area contributed by atoms with Crippen LogP contribution < -0.4 is 10.5 Å². The van der Waals surface area contributed by atoms with Crippen LogP contribution in [0.5, 0.6) is 5.75 Å². The van der Waals surface area contributed by atoms with E-state index in [9.17, 15) is 0 Å². The molecule has 0 spiro atoms. The van der Waals surface area contributed by atoms with Crippen LogP contribution in [0, 0.1) is 0 Å². The van der Waals surface area contributed by atoms with Crippen molar-refractivity contribution in [2.45, 2.75) is 52.6 Å². The molecule has 1 aromatic carbocycles. The first-order valence-corrected chi connectivity index (χ1v) is 7.13. The summed E-state index contributed by atoms with van der Waals surface area (Å²) in [4.78, 5) is 2.51. The molecule has 0 saturated heterocycles. The SMILES string of the molecule is COc1ccc(N)cc1CCCN(C(C)C)C(C)C. The number of rotatable bonds is 7. The van der Waals surface area contributed by atoms with Crippen LogP contribution in [0.3, 0.4) is 0 Å². The van der Waals surface area contributed by atoms with E-state index in [-0.39, 0.29) is 0 Å². The maximum Gasteiger partial charge on any atom is 0.122 e. The van der Waals surface area contributed by atoms with Crippen molar-refractivity contribution in [3.8, 4) is 5.75 Å². The molecule has 2 N–H and O–H groups in total. The van der Waals surface area contributed by atoms with Gasteiger partial charge in [0, 0.05) is 17.8 Å². The highest BCUT2D eigenvalue weighted by Gasteiger charge is 2.13. The Morgan fingerprint density at radius 3 is 2.32 bits per heavy atom. The molecule has 19 heavy (non-hydrogen) atoms. The van der Waals surface area contributed by atoms with Crippen molar-refractivity contribution in [1.29, 1.82) is 0 Å². The normalized spacial score (nSPS) is 11.6. The zero-order chi connectivity index (χ0) is 14.4. The third-order valence-corrected chi connectivity index (χ3v) is 3.49. The van der Waals surface area contributed by atoms with E-state index in [1.807, 2.05) is 18.2 Å². The summed E-state index contributed by atoms with van der Waals surface area (Å²) in [7, 11) is 1.71. The highest BCUT2D eigenvalue weighted by molar-refractivity contribution is 5.47. The molecule has 3 heteroatoms. The van der Waals surface area contributed by atoms with Gasteiger partial charge in [-0.1, -0.05) is 0 Å². The third kappa shape index (κ3) is 4.75. The molecule has 1 rings (SSSR count). The Labute approximate surface area is 117 Å². The van der Waals surface area contributed by atoms with E-state index in [0.29, 0.717) is 12.1 Å². The lowest BCUT2D eigenvalue weighted by molar-refractivity contribution is 0.173. The van der Waals surface area contributed by atoms with Gasteiger partial charge in [0.1, 0.15) is 5.75 Å². The van der Waals surface area contributed by atoms with Crippen LogP contribution in [0.2, 0.25) is 0 Å². The number of nitrogen functional groups attached to an aromatic ring is 1. The average Bonchev–Trinajstić information content (AvgIpc) is 2.33. The lowest BCUT2D eigenvalue weighted by atomic mass is 10.1. The Balaban J connectivity index is 2.59. The van der Waals surface area contributed by atoms with Crippen molar-refractivity contribution in [2.24, 2.45) is 0 Å². The van der Waals surface area contributed by atoms with Gasteiger partial charge in [0.2, 0.25) is 0 Å². The van der Waals surface area contributed by atoms with Crippen LogP contribution in [0.15, 0.2) is 18.2 Å². The number of nitrogens with zero attached hydrogens (tertiary/aromatic N) is 1. The number of ether oxygens (including phenoxy) is 1. The summed E-state index contributed by atoms with van der Waals surface area (Å²) in [5.74, 6) is 0.940. The van der Waals surface area contributed by atoms with Crippen molar-refractivity contribution in [3.05, 3.63) is 23.8 Å². The average molecular weight is 264 g/mol. The Bertz CT molecular complexity index is 380. The summed E-state index contributed by atoms with van der Waals surface area (Å²) in [6.07, 6.45) is 2.13. The van der Waals surface area contributed by atoms with Crippen LogP contribution in [0.4, 0.5) is 5.69 Å². The van der Waals surface area contributed by atoms with Crippen LogP contribution in [0.25, 0.3) is 0 Å². The molecule has 0 atom stereocenters. The molecule has 0 aliphatic rings. The zero-order valence-electron chi connectivity index (χ0n) is 12.9. The monoisotopic (exact) mass is 264 g/mol. The quantitative estimate of drug-likeness (QED) is 0.768. The lowest BCUT2D eigenvalue weighted by Crippen LogP contribution is -2.37. The molecule has 0 heterocycles. The first-order chi connectivity index (χ1) is 8.95. The zero-order valence-corrected chi connectivity index (χ0v) is 12.9. The summed E-state index contributed by atoms with van der Waals surface area (Å²) in [5, 5.41) is 0. The Hall–Kier alpha value is -1.22. The molecule has 0 bridgehead atoms. The van der Waals surface area contributed by atoms with Gasteiger partial charge in [0.25, 0.3) is 0 Å². The molecular weight excluding hydrogens is 236 g/mol. The van der Waals surface area contributed by atoms with Gasteiger partial charge in [0.15, 0.2) is 0 Å². The van der Waals surface area contributed by atoms with E-state index >= 15 is 0 Å². The van der Waals surface area contributed by atoms with Gasteiger partial charge in [-0.25, -0.2) is 0 Å². The number of anilines is 1. The Kier molecular flexibility index (Phi) is 6.16. The van der Waals surface area contributed by atoms with Crippen LogP contribution >= 0.6 is 0 Å². The predicted molar refractivity (Wildman–Crippen MR) is 82.7 cm³/mol. The molecule has 0 aromatic heterocycles. The second-order valence-corrected chi connectivity index (χ2v) is 5.60. The van der Waals surface area contributed by atoms with Crippen LogP contribution in [-0.4, -0.2) is 30.6 Å². The molecule has 1 aromatic rings. The number of hydrogen-bond donors (Lipinski definition) is 1. The molecule has 0 aliphatic heterocycles. The van der Waals surface area contributed by atoms with Crippen molar-refractivity contribution in [1.82, 2.24) is 4.90 Å². The van der Waals surface area contributed by atoms with Gasteiger partial charge in [-0.05, 0) is 70.8 Å². The standard InChI is InChI=1S/C16H28N2O/c1-12(2)18(13(3)4)10-6-7-14-11-15(17)8-9-16(14)19-5/h8-9,11-13H,6-7,10,17H2,1-5H3. The van der Waals surface area contributed by atoms with Gasteiger partial charge in [-0.15, -0.1) is 0 Å². The Morgan fingerprint density at radius 2 is 1.79 bits per heavy atom. The molecule has 108 valence electrons. The van der Waals surface area contributed by atoms with E-state index in [0.717, 1.165) is 30.8 Å². The molecule has 3 nitrogen and oxygen atoms in total. The summed E-state index contributed by atoms with van der Waals surface area (Å²) < 4.78 is 5.38. The van der Waals surface area contributed by atoms with Crippen molar-refractivity contribution < 1.29 is 4.74 Å². The van der Waals surface area contributed by atoms with E-state index in [4.69, 9.17) is 10.5 Å². The summed E-state index contributed by atoms with van der Waals surface area (Å²) in [6, 6.07) is 7.03. The first kappa shape index (κ1) is 15.8. The Morgan fingerprint density at radius 1 is 1.16 bits per heavy atom. The van der Waals surface area contributed by atoms with Gasteiger partial charge >= 0.3 is 0 Å². The minimum atomic E-state index is 0.586.